The van der Waals surface area contributed by atoms with Gasteiger partial charge in [0.05, 0.1) is 40.4 Å². The van der Waals surface area contributed by atoms with Crippen molar-refractivity contribution < 1.29 is 13.7 Å². The minimum absolute atomic E-state index is 0.286. The molecule has 1 saturated heterocycles. The number of nitriles is 1. The fourth-order valence-corrected chi connectivity index (χ4v) is 4.14. The van der Waals surface area contributed by atoms with Gasteiger partial charge in [0.25, 0.3) is 0 Å². The van der Waals surface area contributed by atoms with Crippen molar-refractivity contribution in [2.45, 2.75) is 64.0 Å². The van der Waals surface area contributed by atoms with Gasteiger partial charge in [-0.05, 0) is 53.2 Å². The van der Waals surface area contributed by atoms with E-state index in [1.165, 1.54) is 0 Å². The highest BCUT2D eigenvalue weighted by Gasteiger charge is 2.41. The second-order valence-corrected chi connectivity index (χ2v) is 10.8. The second kappa shape index (κ2) is 8.59. The molecule has 0 radical (unpaired) electrons. The predicted molar refractivity (Wildman–Crippen MR) is 108 cm³/mol. The summed E-state index contributed by atoms with van der Waals surface area (Å²) in [6.07, 6.45) is 1.09. The van der Waals surface area contributed by atoms with Crippen LogP contribution in [0.3, 0.4) is 0 Å². The summed E-state index contributed by atoms with van der Waals surface area (Å²) in [4.78, 5) is 0. The van der Waals surface area contributed by atoms with Crippen molar-refractivity contribution in [3.05, 3.63) is 34.9 Å². The molecule has 150 valence electrons. The Bertz CT molecular complexity index is 719. The average molecular weight is 413 g/mol. The van der Waals surface area contributed by atoms with Crippen molar-refractivity contribution in [1.82, 2.24) is 4.72 Å². The van der Waals surface area contributed by atoms with Crippen molar-refractivity contribution >= 4 is 22.6 Å². The van der Waals surface area contributed by atoms with E-state index in [1.807, 2.05) is 58.9 Å². The Morgan fingerprint density at radius 2 is 1.93 bits per heavy atom. The summed E-state index contributed by atoms with van der Waals surface area (Å²) in [7, 11) is -1.28. The molecule has 1 aromatic rings. The Morgan fingerprint density at radius 1 is 1.30 bits per heavy atom. The third-order valence-electron chi connectivity index (χ3n) is 4.75. The van der Waals surface area contributed by atoms with Crippen LogP contribution < -0.4 is 4.72 Å². The Labute approximate surface area is 170 Å². The van der Waals surface area contributed by atoms with Gasteiger partial charge < -0.3 is 9.47 Å². The lowest BCUT2D eigenvalue weighted by molar-refractivity contribution is -0.173. The van der Waals surface area contributed by atoms with E-state index < -0.39 is 26.9 Å². The van der Waals surface area contributed by atoms with E-state index >= 15 is 0 Å². The number of hydrogen-bond acceptors (Lipinski definition) is 4. The van der Waals surface area contributed by atoms with E-state index in [0.717, 1.165) is 5.56 Å². The number of hydrogen-bond donors (Lipinski definition) is 1. The summed E-state index contributed by atoms with van der Waals surface area (Å²) in [5.41, 5.74) is 0.160. The molecule has 1 N–H and O–H groups in total. The van der Waals surface area contributed by atoms with Gasteiger partial charge in [0, 0.05) is 23.0 Å². The first-order chi connectivity index (χ1) is 12.5. The summed E-state index contributed by atoms with van der Waals surface area (Å²) >= 11 is 6.16. The molecule has 0 spiro atoms. The van der Waals surface area contributed by atoms with Crippen molar-refractivity contribution in [3.63, 3.8) is 0 Å². The van der Waals surface area contributed by atoms with E-state index in [0.29, 0.717) is 31.1 Å². The zero-order chi connectivity index (χ0) is 20.3. The summed E-state index contributed by atoms with van der Waals surface area (Å²) in [6.45, 7) is 10.4. The average Bonchev–Trinajstić information content (AvgIpc) is 3.07. The number of ether oxygens (including phenoxy) is 2. The molecular weight excluding hydrogens is 384 g/mol. The van der Waals surface area contributed by atoms with Crippen molar-refractivity contribution in [2.24, 2.45) is 5.41 Å². The predicted octanol–water partition coefficient (Wildman–Crippen LogP) is 4.29. The Balaban J connectivity index is 2.23. The highest BCUT2D eigenvalue weighted by molar-refractivity contribution is 7.84. The molecule has 2 atom stereocenters. The van der Waals surface area contributed by atoms with Gasteiger partial charge in [-0.25, -0.2) is 8.93 Å². The molecule has 0 amide bonds. The van der Waals surface area contributed by atoms with E-state index in [1.54, 1.807) is 0 Å². The van der Waals surface area contributed by atoms with Crippen LogP contribution >= 0.6 is 11.6 Å². The largest absolute Gasteiger partial charge is 0.343 e. The Kier molecular flexibility index (Phi) is 7.10. The van der Waals surface area contributed by atoms with Crippen LogP contribution in [0.15, 0.2) is 24.3 Å². The van der Waals surface area contributed by atoms with Gasteiger partial charge in [-0.15, -0.1) is 0 Å². The lowest BCUT2D eigenvalue weighted by Gasteiger charge is -2.35. The molecule has 1 aromatic carbocycles. The van der Waals surface area contributed by atoms with Crippen LogP contribution in [-0.2, 0) is 26.2 Å². The molecule has 1 fully saturated rings. The lowest BCUT2D eigenvalue weighted by Crippen LogP contribution is -2.47. The second-order valence-electron chi connectivity index (χ2n) is 8.38. The molecule has 7 heteroatoms. The molecule has 5 nitrogen and oxygen atoms in total. The minimum Gasteiger partial charge on any atom is -0.343 e. The number of nitrogens with zero attached hydrogens (tertiary/aromatic N) is 1. The van der Waals surface area contributed by atoms with E-state index in [2.05, 4.69) is 10.8 Å². The molecule has 0 unspecified atom stereocenters. The summed E-state index contributed by atoms with van der Waals surface area (Å²) < 4.78 is 27.3. The smallest absolute Gasteiger partial charge is 0.195 e. The molecular formula is C20H29ClN2O3S. The van der Waals surface area contributed by atoms with Gasteiger partial charge in [-0.1, -0.05) is 23.7 Å². The number of rotatable bonds is 7. The highest BCUT2D eigenvalue weighted by Crippen LogP contribution is 2.39. The van der Waals surface area contributed by atoms with Crippen LogP contribution in [0, 0.1) is 16.7 Å². The molecule has 0 bridgehead atoms. The van der Waals surface area contributed by atoms with Gasteiger partial charge >= 0.3 is 0 Å². The third kappa shape index (κ3) is 5.52. The van der Waals surface area contributed by atoms with E-state index in [4.69, 9.17) is 21.1 Å². The van der Waals surface area contributed by atoms with Gasteiger partial charge in [0.1, 0.15) is 0 Å². The van der Waals surface area contributed by atoms with Crippen LogP contribution in [0.2, 0.25) is 5.02 Å². The number of nitrogens with one attached hydrogen (secondary N) is 1. The normalized spacial score (nSPS) is 19.4. The molecule has 0 saturated carbocycles. The molecule has 0 aromatic heterocycles. The molecule has 27 heavy (non-hydrogen) atoms. The van der Waals surface area contributed by atoms with Crippen LogP contribution in [0.5, 0.6) is 0 Å². The number of halogens is 1. The zero-order valence-electron chi connectivity index (χ0n) is 16.7. The molecule has 2 rings (SSSR count). The topological polar surface area (TPSA) is 71.3 Å². The molecule has 0 aliphatic carbocycles. The first-order valence-electron chi connectivity index (χ1n) is 9.13. The third-order valence-corrected chi connectivity index (χ3v) is 6.59. The van der Waals surface area contributed by atoms with Gasteiger partial charge in [-0.3, -0.25) is 0 Å². The van der Waals surface area contributed by atoms with Crippen molar-refractivity contribution in [2.75, 3.05) is 13.2 Å². The maximum Gasteiger partial charge on any atom is 0.195 e. The first kappa shape index (κ1) is 22.3. The SMILES string of the molecule is CC(C)(C#N)[C@@H](CCC1(c2cccc(Cl)c2)OCCO1)N[S@@](=O)C(C)(C)C. The Morgan fingerprint density at radius 3 is 2.44 bits per heavy atom. The fraction of sp³-hybridized carbons (Fsp3) is 0.650. The van der Waals surface area contributed by atoms with Crippen molar-refractivity contribution in [1.29, 1.82) is 5.26 Å². The minimum atomic E-state index is -1.28. The van der Waals surface area contributed by atoms with Crippen LogP contribution in [0.1, 0.15) is 53.0 Å². The van der Waals surface area contributed by atoms with E-state index in [9.17, 15) is 9.47 Å². The highest BCUT2D eigenvalue weighted by atomic mass is 35.5. The molecule has 1 aliphatic rings. The summed E-state index contributed by atoms with van der Waals surface area (Å²) in [5, 5.41) is 10.2. The molecule has 1 heterocycles. The quantitative estimate of drug-likeness (QED) is 0.725. The monoisotopic (exact) mass is 412 g/mol. The molecule has 1 aliphatic heterocycles. The maximum atomic E-state index is 12.6. The van der Waals surface area contributed by atoms with Crippen LogP contribution in [0.4, 0.5) is 0 Å². The zero-order valence-corrected chi connectivity index (χ0v) is 18.2. The van der Waals surface area contributed by atoms with Crippen LogP contribution in [0.25, 0.3) is 0 Å². The van der Waals surface area contributed by atoms with Gasteiger partial charge in [0.2, 0.25) is 0 Å². The number of benzene rings is 1. The van der Waals surface area contributed by atoms with Gasteiger partial charge in [-0.2, -0.15) is 5.26 Å². The summed E-state index contributed by atoms with van der Waals surface area (Å²) in [5.74, 6) is -0.889. The first-order valence-corrected chi connectivity index (χ1v) is 10.7. The fourth-order valence-electron chi connectivity index (χ4n) is 2.92. The lowest BCUT2D eigenvalue weighted by atomic mass is 9.82. The summed E-state index contributed by atoms with van der Waals surface area (Å²) in [6, 6.07) is 9.51. The van der Waals surface area contributed by atoms with E-state index in [-0.39, 0.29) is 6.04 Å². The van der Waals surface area contributed by atoms with Gasteiger partial charge in [0.15, 0.2) is 5.79 Å². The van der Waals surface area contributed by atoms with Crippen molar-refractivity contribution in [3.8, 4) is 6.07 Å². The Hall–Kier alpha value is -0.970. The van der Waals surface area contributed by atoms with Crippen LogP contribution in [-0.4, -0.2) is 28.2 Å². The maximum absolute atomic E-state index is 12.6. The standard InChI is InChI=1S/C20H29ClN2O3S/c1-18(2,3)27(24)23-17(19(4,5)14-22)9-10-20(25-11-12-26-20)15-7-6-8-16(21)13-15/h6-8,13,17,23H,9-12H2,1-5H3/t17-,27+/m1/s1.